The van der Waals surface area contributed by atoms with Gasteiger partial charge in [-0.15, -0.1) is 0 Å². The van der Waals surface area contributed by atoms with Gasteiger partial charge in [-0.25, -0.2) is 0 Å². The van der Waals surface area contributed by atoms with Gasteiger partial charge in [-0.2, -0.15) is 10.4 Å². The quantitative estimate of drug-likeness (QED) is 0.912. The van der Waals surface area contributed by atoms with Crippen molar-refractivity contribution in [1.29, 1.82) is 5.26 Å². The van der Waals surface area contributed by atoms with Crippen molar-refractivity contribution in [3.8, 4) is 6.07 Å². The van der Waals surface area contributed by atoms with Crippen molar-refractivity contribution in [3.05, 3.63) is 23.4 Å². The van der Waals surface area contributed by atoms with Gasteiger partial charge < -0.3 is 9.64 Å². The predicted octanol–water partition coefficient (Wildman–Crippen LogP) is 1.63. The normalized spacial score (nSPS) is 21.5. The maximum Gasteiger partial charge on any atom is 0.156 e. The molecule has 6 nitrogen and oxygen atoms in total. The molecule has 2 aliphatic rings. The zero-order chi connectivity index (χ0) is 15.2. The van der Waals surface area contributed by atoms with Gasteiger partial charge in [0.2, 0.25) is 0 Å². The maximum atomic E-state index is 9.39. The minimum atomic E-state index is -0.413. The van der Waals surface area contributed by atoms with E-state index in [4.69, 9.17) is 16.3 Å². The van der Waals surface area contributed by atoms with Gasteiger partial charge in [0.25, 0.3) is 0 Å². The second kappa shape index (κ2) is 5.13. The van der Waals surface area contributed by atoms with Crippen LogP contribution in [0, 0.1) is 11.3 Å². The average molecular weight is 318 g/mol. The molecule has 1 N–H and O–H groups in total. The van der Waals surface area contributed by atoms with Gasteiger partial charge in [0.05, 0.1) is 41.7 Å². The van der Waals surface area contributed by atoms with Crippen LogP contribution in [0.4, 0.5) is 5.69 Å². The van der Waals surface area contributed by atoms with E-state index in [0.29, 0.717) is 13.2 Å². The molecule has 0 atom stereocenters. The van der Waals surface area contributed by atoms with E-state index in [1.54, 1.807) is 6.20 Å². The number of nitrogens with zero attached hydrogens (tertiary/aromatic N) is 4. The summed E-state index contributed by atoms with van der Waals surface area (Å²) in [7, 11) is 0. The van der Waals surface area contributed by atoms with Crippen LogP contribution in [0.25, 0.3) is 10.9 Å². The Morgan fingerprint density at radius 3 is 2.68 bits per heavy atom. The standard InChI is InChI=1S/C15H16ClN5O/c16-12-5-11-7-18-19-13(11)6-14(12)20-1-3-21(4-2-20)15(8-17)9-22-10-15/h5-7H,1-4,9-10H2,(H,18,19). The van der Waals surface area contributed by atoms with Gasteiger partial charge in [0, 0.05) is 31.6 Å². The molecular weight excluding hydrogens is 302 g/mol. The van der Waals surface area contributed by atoms with Crippen LogP contribution in [0.1, 0.15) is 0 Å². The largest absolute Gasteiger partial charge is 0.375 e. The molecule has 2 fully saturated rings. The van der Waals surface area contributed by atoms with E-state index in [-0.39, 0.29) is 0 Å². The molecule has 0 radical (unpaired) electrons. The van der Waals surface area contributed by atoms with E-state index in [0.717, 1.165) is 47.8 Å². The Labute approximate surface area is 133 Å². The molecule has 2 aromatic rings. The lowest BCUT2D eigenvalue weighted by molar-refractivity contribution is -0.109. The fraction of sp³-hybridized carbons (Fsp3) is 0.467. The van der Waals surface area contributed by atoms with Gasteiger partial charge in [0.1, 0.15) is 0 Å². The summed E-state index contributed by atoms with van der Waals surface area (Å²) in [6.45, 7) is 4.42. The highest BCUT2D eigenvalue weighted by Crippen LogP contribution is 2.32. The zero-order valence-corrected chi connectivity index (χ0v) is 12.8. The number of benzene rings is 1. The monoisotopic (exact) mass is 317 g/mol. The Morgan fingerprint density at radius 1 is 1.27 bits per heavy atom. The van der Waals surface area contributed by atoms with E-state index in [1.165, 1.54) is 0 Å². The number of anilines is 1. The van der Waals surface area contributed by atoms with Crippen molar-refractivity contribution in [2.75, 3.05) is 44.3 Å². The smallest absolute Gasteiger partial charge is 0.156 e. The first-order chi connectivity index (χ1) is 10.7. The lowest BCUT2D eigenvalue weighted by Crippen LogP contribution is -2.65. The summed E-state index contributed by atoms with van der Waals surface area (Å²) in [5, 5.41) is 18.2. The van der Waals surface area contributed by atoms with Crippen molar-refractivity contribution >= 4 is 28.2 Å². The van der Waals surface area contributed by atoms with E-state index >= 15 is 0 Å². The van der Waals surface area contributed by atoms with E-state index in [1.807, 2.05) is 12.1 Å². The lowest BCUT2D eigenvalue weighted by Gasteiger charge is -2.48. The average Bonchev–Trinajstić information content (AvgIpc) is 2.94. The molecule has 0 saturated carbocycles. The summed E-state index contributed by atoms with van der Waals surface area (Å²) >= 11 is 6.42. The molecule has 0 aliphatic carbocycles. The molecule has 1 aromatic carbocycles. The Balaban J connectivity index is 1.53. The molecule has 4 rings (SSSR count). The first kappa shape index (κ1) is 13.8. The Morgan fingerprint density at radius 2 is 2.05 bits per heavy atom. The number of aromatic nitrogens is 2. The third-order valence-electron chi connectivity index (χ3n) is 4.62. The van der Waals surface area contributed by atoms with Crippen molar-refractivity contribution in [1.82, 2.24) is 15.1 Å². The Hall–Kier alpha value is -1.81. The van der Waals surface area contributed by atoms with Crippen LogP contribution in [0.15, 0.2) is 18.3 Å². The van der Waals surface area contributed by atoms with Crippen molar-refractivity contribution in [3.63, 3.8) is 0 Å². The van der Waals surface area contributed by atoms with Crippen LogP contribution in [0.2, 0.25) is 5.02 Å². The SMILES string of the molecule is N#CC1(N2CCN(c3cc4[nH]ncc4cc3Cl)CC2)COC1. The van der Waals surface area contributed by atoms with Crippen molar-refractivity contribution in [2.45, 2.75) is 5.54 Å². The molecule has 7 heteroatoms. The number of rotatable bonds is 2. The summed E-state index contributed by atoms with van der Waals surface area (Å²) in [6, 6.07) is 6.41. The molecule has 114 valence electrons. The molecular formula is C15H16ClN5O. The topological polar surface area (TPSA) is 68.2 Å². The van der Waals surface area contributed by atoms with Gasteiger partial charge in [-0.1, -0.05) is 11.6 Å². The van der Waals surface area contributed by atoms with Crippen LogP contribution < -0.4 is 4.90 Å². The van der Waals surface area contributed by atoms with Gasteiger partial charge in [-0.05, 0) is 12.1 Å². The number of hydrogen-bond acceptors (Lipinski definition) is 5. The molecule has 0 bridgehead atoms. The number of hydrogen-bond donors (Lipinski definition) is 1. The highest BCUT2D eigenvalue weighted by molar-refractivity contribution is 6.34. The first-order valence-electron chi connectivity index (χ1n) is 7.33. The number of halogens is 1. The number of nitrogens with one attached hydrogen (secondary N) is 1. The molecule has 3 heterocycles. The third kappa shape index (κ3) is 2.05. The second-order valence-electron chi connectivity index (χ2n) is 5.87. The summed E-state index contributed by atoms with van der Waals surface area (Å²) in [5.41, 5.74) is 1.60. The summed E-state index contributed by atoms with van der Waals surface area (Å²) in [6.07, 6.45) is 1.77. The fourth-order valence-corrected chi connectivity index (χ4v) is 3.47. The maximum absolute atomic E-state index is 9.39. The van der Waals surface area contributed by atoms with Crippen LogP contribution in [0.3, 0.4) is 0 Å². The predicted molar refractivity (Wildman–Crippen MR) is 84.1 cm³/mol. The molecule has 2 aliphatic heterocycles. The van der Waals surface area contributed by atoms with Gasteiger partial charge in [0.15, 0.2) is 5.54 Å². The number of ether oxygens (including phenoxy) is 1. The minimum Gasteiger partial charge on any atom is -0.375 e. The fourth-order valence-electron chi connectivity index (χ4n) is 3.18. The van der Waals surface area contributed by atoms with Gasteiger partial charge in [-0.3, -0.25) is 10.00 Å². The number of aromatic amines is 1. The van der Waals surface area contributed by atoms with E-state index in [9.17, 15) is 5.26 Å². The highest BCUT2D eigenvalue weighted by Gasteiger charge is 2.45. The van der Waals surface area contributed by atoms with E-state index < -0.39 is 5.54 Å². The number of fused-ring (bicyclic) bond motifs is 1. The summed E-state index contributed by atoms with van der Waals surface area (Å²) in [5.74, 6) is 0. The van der Waals surface area contributed by atoms with Crippen LogP contribution in [-0.4, -0.2) is 60.0 Å². The number of piperazine rings is 1. The van der Waals surface area contributed by atoms with Crippen LogP contribution in [0.5, 0.6) is 0 Å². The van der Waals surface area contributed by atoms with Crippen molar-refractivity contribution < 1.29 is 4.74 Å². The lowest BCUT2D eigenvalue weighted by atomic mass is 9.96. The van der Waals surface area contributed by atoms with Gasteiger partial charge >= 0.3 is 0 Å². The molecule has 2 saturated heterocycles. The molecule has 0 amide bonds. The highest BCUT2D eigenvalue weighted by atomic mass is 35.5. The zero-order valence-electron chi connectivity index (χ0n) is 12.0. The minimum absolute atomic E-state index is 0.413. The Bertz CT molecular complexity index is 740. The molecule has 0 unspecified atom stereocenters. The van der Waals surface area contributed by atoms with Crippen LogP contribution in [-0.2, 0) is 4.74 Å². The number of H-pyrrole nitrogens is 1. The third-order valence-corrected chi connectivity index (χ3v) is 4.93. The van der Waals surface area contributed by atoms with E-state index in [2.05, 4.69) is 26.1 Å². The molecule has 22 heavy (non-hydrogen) atoms. The molecule has 1 aromatic heterocycles. The summed E-state index contributed by atoms with van der Waals surface area (Å²) < 4.78 is 5.24. The summed E-state index contributed by atoms with van der Waals surface area (Å²) in [4.78, 5) is 4.50. The van der Waals surface area contributed by atoms with Crippen molar-refractivity contribution in [2.24, 2.45) is 0 Å². The number of nitriles is 1. The van der Waals surface area contributed by atoms with Crippen LogP contribution >= 0.6 is 11.6 Å². The Kier molecular flexibility index (Phi) is 3.22. The first-order valence-corrected chi connectivity index (χ1v) is 7.71. The second-order valence-corrected chi connectivity index (χ2v) is 6.28. The molecule has 0 spiro atoms.